The molecule has 0 radical (unpaired) electrons. The van der Waals surface area contributed by atoms with Crippen molar-refractivity contribution in [2.24, 2.45) is 0 Å². The summed E-state index contributed by atoms with van der Waals surface area (Å²) in [7, 11) is -0.564. The minimum Gasteiger partial charge on any atom is -0.379 e. The average Bonchev–Trinajstić information content (AvgIpc) is 2.50. The average molecular weight is 621 g/mol. The highest BCUT2D eigenvalue weighted by atomic mass is 127. The molecule has 0 aromatic heterocycles. The first-order valence-corrected chi connectivity index (χ1v) is 16.3. The lowest BCUT2D eigenvalue weighted by atomic mass is 10.2. The third kappa shape index (κ3) is 11.9. The van der Waals surface area contributed by atoms with Gasteiger partial charge in [-0.1, -0.05) is 45.7 Å². The van der Waals surface area contributed by atoms with E-state index in [0.717, 1.165) is 0 Å². The van der Waals surface area contributed by atoms with Crippen molar-refractivity contribution in [3.63, 3.8) is 0 Å². The summed E-state index contributed by atoms with van der Waals surface area (Å²) in [5.74, 6) is 0. The molecule has 0 atom stereocenters. The highest BCUT2D eigenvalue weighted by Crippen LogP contribution is 2.63. The van der Waals surface area contributed by atoms with Gasteiger partial charge in [0.15, 0.2) is 0 Å². The first-order chi connectivity index (χ1) is 14.2. The van der Waals surface area contributed by atoms with Crippen LogP contribution in [0.2, 0.25) is 0 Å². The molecular formula is C24H50IN2O2PS2. The molecule has 0 amide bonds. The van der Waals surface area contributed by atoms with Crippen molar-refractivity contribution in [1.82, 2.24) is 9.34 Å². The monoisotopic (exact) mass is 620 g/mol. The molecule has 0 aliphatic carbocycles. The molecule has 0 bridgehead atoms. The van der Waals surface area contributed by atoms with Crippen LogP contribution in [0.25, 0.3) is 0 Å². The topological polar surface area (TPSA) is 32.8 Å². The Labute approximate surface area is 223 Å². The highest BCUT2D eigenvalue weighted by molar-refractivity contribution is 14.1. The normalized spacial score (nSPS) is 14.3. The Kier molecular flexibility index (Phi) is 14.2. The Morgan fingerprint density at radius 2 is 1.12 bits per heavy atom. The van der Waals surface area contributed by atoms with Gasteiger partial charge in [-0.25, -0.2) is 0 Å². The molecule has 0 rings (SSSR count). The number of thioether (sulfide) groups is 1. The molecule has 0 unspecified atom stereocenters. The maximum Gasteiger partial charge on any atom is 0.204 e. The number of carbonyl (C=O) groups is 1. The van der Waals surface area contributed by atoms with Gasteiger partial charge in [-0.05, 0) is 96.9 Å². The van der Waals surface area contributed by atoms with E-state index in [1.165, 1.54) is 11.8 Å². The summed E-state index contributed by atoms with van der Waals surface area (Å²) in [4.78, 5) is 12.5. The third-order valence-electron chi connectivity index (χ3n) is 4.59. The van der Waals surface area contributed by atoms with Crippen molar-refractivity contribution in [3.8, 4) is 0 Å². The van der Waals surface area contributed by atoms with E-state index in [9.17, 15) is 4.79 Å². The van der Waals surface area contributed by atoms with Crippen molar-refractivity contribution in [3.05, 3.63) is 0 Å². The lowest BCUT2D eigenvalue weighted by molar-refractivity contribution is -0.112. The van der Waals surface area contributed by atoms with Gasteiger partial charge in [0.1, 0.15) is 7.42 Å². The maximum absolute atomic E-state index is 12.5. The zero-order chi connectivity index (χ0) is 25.7. The fourth-order valence-electron chi connectivity index (χ4n) is 3.39. The molecule has 0 heterocycles. The highest BCUT2D eigenvalue weighted by Gasteiger charge is 2.38. The van der Waals surface area contributed by atoms with Gasteiger partial charge in [0, 0.05) is 33.7 Å². The summed E-state index contributed by atoms with van der Waals surface area (Å²) in [5, 5.41) is 0.206. The van der Waals surface area contributed by atoms with Gasteiger partial charge in [-0.15, -0.1) is 0 Å². The minimum absolute atomic E-state index is 0.0386. The van der Waals surface area contributed by atoms with Gasteiger partial charge in [0.05, 0.1) is 16.6 Å². The van der Waals surface area contributed by atoms with Crippen LogP contribution in [-0.4, -0.2) is 64.8 Å². The summed E-state index contributed by atoms with van der Waals surface area (Å²) in [6.07, 6.45) is 0. The number of ether oxygens (including phenoxy) is 1. The van der Waals surface area contributed by atoms with Gasteiger partial charge < -0.3 is 4.74 Å². The molecule has 0 N–H and O–H groups in total. The molecule has 0 spiro atoms. The fraction of sp³-hybridized carbons (Fsp3) is 0.958. The molecule has 0 aromatic rings. The Morgan fingerprint density at radius 1 is 0.781 bits per heavy atom. The van der Waals surface area contributed by atoms with Gasteiger partial charge in [-0.2, -0.15) is 0 Å². The van der Waals surface area contributed by atoms with E-state index < -0.39 is 7.42 Å². The molecule has 0 aliphatic rings. The first kappa shape index (κ1) is 33.4. The predicted octanol–water partition coefficient (Wildman–Crippen LogP) is 8.23. The van der Waals surface area contributed by atoms with E-state index in [1.54, 1.807) is 0 Å². The second kappa shape index (κ2) is 13.6. The Hall–Kier alpha value is 1.41. The van der Waals surface area contributed by atoms with Gasteiger partial charge in [0.2, 0.25) is 5.12 Å². The second-order valence-electron chi connectivity index (χ2n) is 11.4. The molecular weight excluding hydrogens is 570 g/mol. The first-order valence-electron chi connectivity index (χ1n) is 11.8. The van der Waals surface area contributed by atoms with Gasteiger partial charge >= 0.3 is 0 Å². The third-order valence-corrected chi connectivity index (χ3v) is 13.3. The number of hydrogen-bond acceptors (Lipinski definition) is 6. The van der Waals surface area contributed by atoms with Crippen LogP contribution in [0.3, 0.4) is 0 Å². The number of nitrogens with zero attached hydrogens (tertiary/aromatic N) is 2. The molecule has 0 aliphatic heterocycles. The standard InChI is InChI=1S/C24H50IN2O2PS2/c1-17(2)26(18(3)4)30(27(19(5)6)20(7)8)32-23(11,12)16-29-15-22(9,10)31-21(28)24(13,14)25/h17-20H,15-16H2,1-14H3. The van der Waals surface area contributed by atoms with Crippen molar-refractivity contribution in [2.75, 3.05) is 13.2 Å². The number of hydrogen-bond donors (Lipinski definition) is 0. The maximum atomic E-state index is 12.5. The molecule has 4 nitrogen and oxygen atoms in total. The van der Waals surface area contributed by atoms with Gasteiger partial charge in [-0.3, -0.25) is 14.1 Å². The molecule has 0 saturated carbocycles. The SMILES string of the molecule is CC(C)N(C(C)C)P(SC(C)(C)COCC(C)(C)SC(=O)C(C)(C)I)N(C(C)C)C(C)C. The van der Waals surface area contributed by atoms with Crippen LogP contribution < -0.4 is 0 Å². The van der Waals surface area contributed by atoms with E-state index >= 15 is 0 Å². The number of alkyl halides is 1. The van der Waals surface area contributed by atoms with Crippen molar-refractivity contribution in [2.45, 2.75) is 134 Å². The van der Waals surface area contributed by atoms with Crippen LogP contribution in [-0.2, 0) is 9.53 Å². The molecule has 192 valence electrons. The Bertz CT molecular complexity index is 543. The van der Waals surface area contributed by atoms with Crippen LogP contribution in [0.5, 0.6) is 0 Å². The van der Waals surface area contributed by atoms with Crippen molar-refractivity contribution in [1.29, 1.82) is 0 Å². The molecule has 0 saturated heterocycles. The van der Waals surface area contributed by atoms with Crippen molar-refractivity contribution >= 4 is 58.3 Å². The summed E-state index contributed by atoms with van der Waals surface area (Å²) >= 11 is 5.69. The molecule has 32 heavy (non-hydrogen) atoms. The molecule has 0 fully saturated rings. The Balaban J connectivity index is 5.44. The summed E-state index contributed by atoms with van der Waals surface area (Å²) in [6.45, 7) is 32.4. The van der Waals surface area contributed by atoms with Gasteiger partial charge in [0.25, 0.3) is 0 Å². The summed E-state index contributed by atoms with van der Waals surface area (Å²) < 4.78 is 11.0. The summed E-state index contributed by atoms with van der Waals surface area (Å²) in [6, 6.07) is 1.90. The number of halogens is 1. The summed E-state index contributed by atoms with van der Waals surface area (Å²) in [5.41, 5.74) is 0. The van der Waals surface area contributed by atoms with E-state index in [-0.39, 0.29) is 18.0 Å². The quantitative estimate of drug-likeness (QED) is 0.111. The lowest BCUT2D eigenvalue weighted by Crippen LogP contribution is -2.43. The number of carbonyl (C=O) groups excluding carboxylic acids is 1. The Morgan fingerprint density at radius 3 is 1.44 bits per heavy atom. The van der Waals surface area contributed by atoms with Crippen LogP contribution in [0.4, 0.5) is 0 Å². The van der Waals surface area contributed by atoms with E-state index in [4.69, 9.17) is 4.74 Å². The van der Waals surface area contributed by atoms with Crippen LogP contribution in [0.1, 0.15) is 96.9 Å². The van der Waals surface area contributed by atoms with E-state index in [1.807, 2.05) is 13.8 Å². The predicted molar refractivity (Wildman–Crippen MR) is 158 cm³/mol. The second-order valence-corrected chi connectivity index (χ2v) is 20.0. The number of rotatable bonds is 14. The lowest BCUT2D eigenvalue weighted by Gasteiger charge is -2.48. The minimum atomic E-state index is -0.564. The van der Waals surface area contributed by atoms with E-state index in [2.05, 4.69) is 126 Å². The van der Waals surface area contributed by atoms with Crippen LogP contribution >= 0.6 is 53.2 Å². The van der Waals surface area contributed by atoms with Crippen LogP contribution in [0.15, 0.2) is 0 Å². The van der Waals surface area contributed by atoms with Crippen LogP contribution in [0, 0.1) is 0 Å². The molecule has 0 aromatic carbocycles. The smallest absolute Gasteiger partial charge is 0.204 e. The zero-order valence-corrected chi connectivity index (χ0v) is 27.8. The zero-order valence-electron chi connectivity index (χ0n) is 23.1. The fourth-order valence-corrected chi connectivity index (χ4v) is 11.5. The van der Waals surface area contributed by atoms with E-state index in [0.29, 0.717) is 37.4 Å². The molecule has 8 heteroatoms. The largest absolute Gasteiger partial charge is 0.379 e. The van der Waals surface area contributed by atoms with Crippen molar-refractivity contribution < 1.29 is 9.53 Å².